The Labute approximate surface area is 199 Å². The third-order valence-corrected chi connectivity index (χ3v) is 6.46. The number of thiazole rings is 1. The normalized spacial score (nSPS) is 15.4. The molecule has 172 valence electrons. The topological polar surface area (TPSA) is 116 Å². The van der Waals surface area contributed by atoms with Crippen molar-refractivity contribution < 1.29 is 9.90 Å². The second-order valence-electron chi connectivity index (χ2n) is 7.78. The van der Waals surface area contributed by atoms with Crippen molar-refractivity contribution in [3.63, 3.8) is 0 Å². The first-order valence-electron chi connectivity index (χ1n) is 10.6. The van der Waals surface area contributed by atoms with E-state index in [1.54, 1.807) is 16.8 Å². The molecule has 3 N–H and O–H groups in total. The third-order valence-electron chi connectivity index (χ3n) is 4.94. The number of aromatic nitrogens is 4. The number of fused-ring (bicyclic) bond motifs is 1. The van der Waals surface area contributed by atoms with Gasteiger partial charge in [0.25, 0.3) is 0 Å². The van der Waals surface area contributed by atoms with Crippen LogP contribution in [0.2, 0.25) is 0 Å². The Morgan fingerprint density at radius 2 is 2.09 bits per heavy atom. The minimum Gasteiger partial charge on any atom is -0.382 e. The van der Waals surface area contributed by atoms with Crippen LogP contribution in [0.15, 0.2) is 41.5 Å². The molecule has 0 bridgehead atoms. The maximum atomic E-state index is 9.98. The van der Waals surface area contributed by atoms with Crippen LogP contribution in [0.5, 0.6) is 0 Å². The zero-order chi connectivity index (χ0) is 23.2. The fourth-order valence-corrected chi connectivity index (χ4v) is 4.68. The first-order valence-corrected chi connectivity index (χ1v) is 12.3. The maximum absolute atomic E-state index is 9.98. The van der Waals surface area contributed by atoms with Crippen molar-refractivity contribution in [1.29, 1.82) is 0 Å². The lowest BCUT2D eigenvalue weighted by molar-refractivity contribution is -0.124. The second kappa shape index (κ2) is 10.6. The number of likely N-dealkylation sites (tertiary alicyclic amines) is 1. The Morgan fingerprint density at radius 3 is 2.76 bits per heavy atom. The number of pyridine rings is 1. The molecule has 11 heteroatoms. The van der Waals surface area contributed by atoms with E-state index < -0.39 is 6.23 Å². The molecule has 0 spiro atoms. The number of nitrogens with zero attached hydrogens (tertiary/aromatic N) is 5. The highest BCUT2D eigenvalue weighted by molar-refractivity contribution is 7.16. The Bertz CT molecular complexity index is 1200. The van der Waals surface area contributed by atoms with Crippen molar-refractivity contribution in [2.75, 3.05) is 17.2 Å². The average molecular weight is 484 g/mol. The van der Waals surface area contributed by atoms with Crippen molar-refractivity contribution in [1.82, 2.24) is 25.1 Å². The van der Waals surface area contributed by atoms with Gasteiger partial charge in [-0.3, -0.25) is 4.79 Å². The van der Waals surface area contributed by atoms with Gasteiger partial charge in [0, 0.05) is 36.2 Å². The van der Waals surface area contributed by atoms with Crippen LogP contribution in [0, 0.1) is 0 Å². The molecule has 9 nitrogen and oxygen atoms in total. The number of aliphatic hydroxyl groups is 1. The van der Waals surface area contributed by atoms with Crippen molar-refractivity contribution in [3.8, 4) is 10.6 Å². The molecule has 1 fully saturated rings. The Morgan fingerprint density at radius 1 is 1.21 bits per heavy atom. The molecule has 4 heterocycles. The first-order chi connectivity index (χ1) is 16.0. The van der Waals surface area contributed by atoms with Crippen LogP contribution in [0.3, 0.4) is 0 Å². The van der Waals surface area contributed by atoms with Gasteiger partial charge in [0.2, 0.25) is 6.41 Å². The summed E-state index contributed by atoms with van der Waals surface area (Å²) in [6.45, 7) is 4.93. The molecule has 1 aliphatic heterocycles. The quantitative estimate of drug-likeness (QED) is 0.347. The molecular weight excluding hydrogens is 458 g/mol. The number of benzene rings is 1. The van der Waals surface area contributed by atoms with Gasteiger partial charge in [0.1, 0.15) is 17.6 Å². The summed E-state index contributed by atoms with van der Waals surface area (Å²) in [5.74, 6) is 0.778. The summed E-state index contributed by atoms with van der Waals surface area (Å²) in [6.07, 6.45) is 3.68. The van der Waals surface area contributed by atoms with Gasteiger partial charge in [-0.2, -0.15) is 0 Å². The smallest absolute Gasteiger partial charge is 0.211 e. The Balaban J connectivity index is 0.000000275. The minimum atomic E-state index is -0.507. The molecule has 0 radical (unpaired) electrons. The van der Waals surface area contributed by atoms with Gasteiger partial charge in [-0.05, 0) is 44.9 Å². The monoisotopic (exact) mass is 483 g/mol. The Kier molecular flexibility index (Phi) is 7.43. The van der Waals surface area contributed by atoms with Gasteiger partial charge < -0.3 is 20.6 Å². The molecule has 0 saturated carbocycles. The van der Waals surface area contributed by atoms with E-state index in [0.29, 0.717) is 19.0 Å². The fourth-order valence-electron chi connectivity index (χ4n) is 3.39. The lowest BCUT2D eigenvalue weighted by atomic mass is 10.2. The average Bonchev–Trinajstić information content (AvgIpc) is 3.56. The van der Waals surface area contributed by atoms with Gasteiger partial charge in [0.05, 0.1) is 21.3 Å². The summed E-state index contributed by atoms with van der Waals surface area (Å²) >= 11 is 3.13. The summed E-state index contributed by atoms with van der Waals surface area (Å²) in [7, 11) is 0. The molecule has 3 aromatic heterocycles. The molecule has 33 heavy (non-hydrogen) atoms. The number of carbonyl (C=O) groups excluding carboxylic acids is 1. The SMILES string of the molecule is CC(C)Nc1cc(Nc2ccc3ncsc3c2)ncc1-c1nncs1.O=CN1CCCC1O. The van der Waals surface area contributed by atoms with E-state index in [9.17, 15) is 4.79 Å². The summed E-state index contributed by atoms with van der Waals surface area (Å²) in [4.78, 5) is 20.2. The van der Waals surface area contributed by atoms with Gasteiger partial charge in [-0.15, -0.1) is 21.5 Å². The number of aliphatic hydroxyl groups excluding tert-OH is 1. The molecule has 1 unspecified atom stereocenters. The van der Waals surface area contributed by atoms with Gasteiger partial charge in [-0.1, -0.05) is 11.3 Å². The number of rotatable bonds is 6. The summed E-state index contributed by atoms with van der Waals surface area (Å²) in [6, 6.07) is 8.42. The molecule has 1 aromatic carbocycles. The molecule has 1 aliphatic rings. The van der Waals surface area contributed by atoms with Crippen LogP contribution < -0.4 is 10.6 Å². The van der Waals surface area contributed by atoms with E-state index in [1.165, 1.54) is 16.2 Å². The summed E-state index contributed by atoms with van der Waals surface area (Å²) in [5.41, 5.74) is 7.53. The van der Waals surface area contributed by atoms with E-state index in [4.69, 9.17) is 5.11 Å². The van der Waals surface area contributed by atoms with Crippen LogP contribution in [0.25, 0.3) is 20.8 Å². The minimum absolute atomic E-state index is 0.301. The van der Waals surface area contributed by atoms with Gasteiger partial charge in [-0.25, -0.2) is 9.97 Å². The lowest BCUT2D eigenvalue weighted by Crippen LogP contribution is -2.26. The summed E-state index contributed by atoms with van der Waals surface area (Å²) < 4.78 is 1.15. The van der Waals surface area contributed by atoms with Crippen LogP contribution in [-0.2, 0) is 4.79 Å². The van der Waals surface area contributed by atoms with Crippen molar-refractivity contribution in [3.05, 3.63) is 41.5 Å². The zero-order valence-corrected chi connectivity index (χ0v) is 19.9. The van der Waals surface area contributed by atoms with E-state index in [0.717, 1.165) is 50.8 Å². The molecule has 1 saturated heterocycles. The van der Waals surface area contributed by atoms with Gasteiger partial charge in [0.15, 0.2) is 5.01 Å². The highest BCUT2D eigenvalue weighted by atomic mass is 32.1. The number of nitrogens with one attached hydrogen (secondary N) is 2. The van der Waals surface area contributed by atoms with Crippen molar-refractivity contribution >= 4 is 56.5 Å². The van der Waals surface area contributed by atoms with Crippen LogP contribution in [0.1, 0.15) is 26.7 Å². The van der Waals surface area contributed by atoms with Crippen molar-refractivity contribution in [2.45, 2.75) is 39.0 Å². The third kappa shape index (κ3) is 5.81. The van der Waals surface area contributed by atoms with Gasteiger partial charge >= 0.3 is 0 Å². The van der Waals surface area contributed by atoms with Crippen LogP contribution >= 0.6 is 22.7 Å². The number of carbonyl (C=O) groups is 1. The first kappa shape index (κ1) is 23.0. The van der Waals surface area contributed by atoms with Crippen LogP contribution in [0.4, 0.5) is 17.2 Å². The molecule has 5 rings (SSSR count). The summed E-state index contributed by atoms with van der Waals surface area (Å²) in [5, 5.41) is 24.7. The fraction of sp³-hybridized carbons (Fsp3) is 0.318. The predicted octanol–water partition coefficient (Wildman–Crippen LogP) is 4.33. The number of hydrogen-bond donors (Lipinski definition) is 3. The molecule has 1 amide bonds. The molecule has 1 atom stereocenters. The largest absolute Gasteiger partial charge is 0.382 e. The lowest BCUT2D eigenvalue weighted by Gasteiger charge is -2.15. The van der Waals surface area contributed by atoms with Crippen molar-refractivity contribution in [2.24, 2.45) is 0 Å². The standard InChI is InChI=1S/C17H16N6S2.C5H9NO2/c1-10(2)21-14-6-16(18-7-12(14)17-23-20-9-25-17)22-11-3-4-13-15(5-11)24-8-19-13;7-4-6-3-1-2-5(6)8/h3-10H,1-2H3,(H2,18,21,22);4-5,8H,1-3H2. The number of amides is 1. The number of hydrogen-bond acceptors (Lipinski definition) is 10. The van der Waals surface area contributed by atoms with Crippen LogP contribution in [-0.4, -0.2) is 55.4 Å². The van der Waals surface area contributed by atoms with E-state index in [-0.39, 0.29) is 0 Å². The number of anilines is 3. The molecule has 0 aliphatic carbocycles. The zero-order valence-electron chi connectivity index (χ0n) is 18.3. The second-order valence-corrected chi connectivity index (χ2v) is 9.50. The van der Waals surface area contributed by atoms with E-state index >= 15 is 0 Å². The van der Waals surface area contributed by atoms with E-state index in [2.05, 4.69) is 50.7 Å². The molecule has 4 aromatic rings. The maximum Gasteiger partial charge on any atom is 0.211 e. The van der Waals surface area contributed by atoms with E-state index in [1.807, 2.05) is 29.9 Å². The predicted molar refractivity (Wildman–Crippen MR) is 133 cm³/mol. The highest BCUT2D eigenvalue weighted by Crippen LogP contribution is 2.32. The Hall–Kier alpha value is -3.15. The molecular formula is C22H25N7O2S2. The highest BCUT2D eigenvalue weighted by Gasteiger charge is 2.19.